The van der Waals surface area contributed by atoms with Crippen LogP contribution in [-0.4, -0.2) is 66.3 Å². The summed E-state index contributed by atoms with van der Waals surface area (Å²) in [6.07, 6.45) is 2.83. The lowest BCUT2D eigenvalue weighted by Crippen LogP contribution is -2.47. The van der Waals surface area contributed by atoms with Gasteiger partial charge < -0.3 is 24.4 Å². The lowest BCUT2D eigenvalue weighted by atomic mass is 9.87. The first-order chi connectivity index (χ1) is 21.3. The zero-order valence-electron chi connectivity index (χ0n) is 24.8. The number of aliphatic carboxylic acids is 1. The van der Waals surface area contributed by atoms with Gasteiger partial charge in [-0.2, -0.15) is 0 Å². The molecule has 0 unspecified atom stereocenters. The first-order valence-corrected chi connectivity index (χ1v) is 15.3. The monoisotopic (exact) mass is 605 g/mol. The molecule has 0 saturated carbocycles. The first-order valence-electron chi connectivity index (χ1n) is 15.3. The van der Waals surface area contributed by atoms with Gasteiger partial charge in [0.05, 0.1) is 30.7 Å². The van der Waals surface area contributed by atoms with Gasteiger partial charge in [0, 0.05) is 37.8 Å². The third kappa shape index (κ3) is 6.40. The molecule has 1 aromatic heterocycles. The van der Waals surface area contributed by atoms with E-state index in [0.717, 1.165) is 43.1 Å². The fraction of sp³-hybridized carbons (Fsp3) is 0.441. The Morgan fingerprint density at radius 3 is 2.39 bits per heavy atom. The maximum atomic E-state index is 15.2. The van der Waals surface area contributed by atoms with Crippen LogP contribution in [0.3, 0.4) is 0 Å². The molecule has 44 heavy (non-hydrogen) atoms. The number of aryl methyl sites for hydroxylation is 1. The van der Waals surface area contributed by atoms with E-state index in [2.05, 4.69) is 17.1 Å². The maximum absolute atomic E-state index is 15.2. The molecule has 1 N–H and O–H groups in total. The van der Waals surface area contributed by atoms with Crippen LogP contribution in [0.15, 0.2) is 48.5 Å². The number of halogens is 2. The molecule has 0 atom stereocenters. The van der Waals surface area contributed by atoms with E-state index in [4.69, 9.17) is 9.47 Å². The minimum absolute atomic E-state index is 0.0162. The van der Waals surface area contributed by atoms with Crippen LogP contribution in [0.1, 0.15) is 48.3 Å². The molecule has 2 aromatic carbocycles. The SMILES string of the molecule is Cc1cc(C2CCN(C(=O)C3COC3)CC2)ccc1COc1c(F)cc(F)cc1-c1cccc(N2CCC(C(=O)O)CC2)n1. The van der Waals surface area contributed by atoms with Crippen LogP contribution in [-0.2, 0) is 20.9 Å². The highest BCUT2D eigenvalue weighted by molar-refractivity contribution is 5.80. The molecule has 6 rings (SSSR count). The minimum atomic E-state index is -0.807. The number of nitrogens with zero attached hydrogens (tertiary/aromatic N) is 3. The third-order valence-electron chi connectivity index (χ3n) is 9.19. The van der Waals surface area contributed by atoms with E-state index in [0.29, 0.717) is 56.6 Å². The topological polar surface area (TPSA) is 92.2 Å². The summed E-state index contributed by atoms with van der Waals surface area (Å²) in [6.45, 7) is 5.72. The van der Waals surface area contributed by atoms with Crippen molar-refractivity contribution >= 4 is 17.7 Å². The maximum Gasteiger partial charge on any atom is 0.306 e. The molecule has 4 heterocycles. The molecule has 0 radical (unpaired) electrons. The number of carboxylic acid groups (broad SMARTS) is 1. The Labute approximate surface area is 255 Å². The second-order valence-corrected chi connectivity index (χ2v) is 12.1. The van der Waals surface area contributed by atoms with Gasteiger partial charge in [0.25, 0.3) is 0 Å². The zero-order valence-corrected chi connectivity index (χ0v) is 24.8. The molecule has 3 aliphatic heterocycles. The molecular weight excluding hydrogens is 568 g/mol. The van der Waals surface area contributed by atoms with E-state index >= 15 is 4.39 Å². The van der Waals surface area contributed by atoms with Crippen LogP contribution in [0.4, 0.5) is 14.6 Å². The molecule has 0 bridgehead atoms. The van der Waals surface area contributed by atoms with Gasteiger partial charge in [0.15, 0.2) is 11.6 Å². The van der Waals surface area contributed by atoms with Crippen molar-refractivity contribution < 1.29 is 33.0 Å². The summed E-state index contributed by atoms with van der Waals surface area (Å²) >= 11 is 0. The average Bonchev–Trinajstić information content (AvgIpc) is 3.00. The number of ether oxygens (including phenoxy) is 2. The van der Waals surface area contributed by atoms with Gasteiger partial charge in [0.2, 0.25) is 5.91 Å². The highest BCUT2D eigenvalue weighted by Crippen LogP contribution is 2.36. The number of rotatable bonds is 8. The van der Waals surface area contributed by atoms with Crippen molar-refractivity contribution in [3.63, 3.8) is 0 Å². The van der Waals surface area contributed by atoms with Gasteiger partial charge in [-0.3, -0.25) is 9.59 Å². The summed E-state index contributed by atoms with van der Waals surface area (Å²) in [5.41, 5.74) is 3.71. The standard InChI is InChI=1S/C34H37F2N3O5/c1-21-15-24(22-7-13-39(14-8-22)33(40)26-18-43-19-26)5-6-25(21)20-44-32-28(16-27(35)17-29(32)36)30-3-2-4-31(37-30)38-11-9-23(10-12-38)34(41)42/h2-6,15-17,22-23,26H,7-14,18-20H2,1H3,(H,41,42). The summed E-state index contributed by atoms with van der Waals surface area (Å²) in [6, 6.07) is 13.5. The quantitative estimate of drug-likeness (QED) is 0.359. The molecule has 8 nitrogen and oxygen atoms in total. The van der Waals surface area contributed by atoms with Crippen molar-refractivity contribution in [2.75, 3.05) is 44.3 Å². The van der Waals surface area contributed by atoms with E-state index in [9.17, 15) is 19.1 Å². The predicted octanol–water partition coefficient (Wildman–Crippen LogP) is 5.57. The van der Waals surface area contributed by atoms with E-state index in [-0.39, 0.29) is 35.7 Å². The second-order valence-electron chi connectivity index (χ2n) is 12.1. The number of hydrogen-bond acceptors (Lipinski definition) is 6. The van der Waals surface area contributed by atoms with Crippen LogP contribution in [0, 0.1) is 30.4 Å². The van der Waals surface area contributed by atoms with Gasteiger partial charge in [-0.25, -0.2) is 13.8 Å². The lowest BCUT2D eigenvalue weighted by Gasteiger charge is -2.36. The number of likely N-dealkylation sites (tertiary alicyclic amines) is 1. The minimum Gasteiger partial charge on any atom is -0.485 e. The van der Waals surface area contributed by atoms with E-state index in [1.807, 2.05) is 28.9 Å². The molecule has 232 valence electrons. The summed E-state index contributed by atoms with van der Waals surface area (Å²) in [5.74, 6) is -1.57. The fourth-order valence-electron chi connectivity index (χ4n) is 6.36. The molecule has 3 aromatic rings. The van der Waals surface area contributed by atoms with Crippen molar-refractivity contribution in [3.05, 3.63) is 76.9 Å². The number of amides is 1. The van der Waals surface area contributed by atoms with Gasteiger partial charge in [-0.15, -0.1) is 0 Å². The number of pyridine rings is 1. The molecule has 3 fully saturated rings. The Balaban J connectivity index is 1.13. The Kier molecular flexibility index (Phi) is 8.79. The smallest absolute Gasteiger partial charge is 0.306 e. The normalized spacial score (nSPS) is 18.2. The van der Waals surface area contributed by atoms with Crippen LogP contribution in [0.5, 0.6) is 5.75 Å². The third-order valence-corrected chi connectivity index (χ3v) is 9.19. The lowest BCUT2D eigenvalue weighted by molar-refractivity contribution is -0.151. The molecule has 3 saturated heterocycles. The number of piperidine rings is 2. The zero-order chi connectivity index (χ0) is 30.8. The van der Waals surface area contributed by atoms with Gasteiger partial charge in [0.1, 0.15) is 18.2 Å². The van der Waals surface area contributed by atoms with Gasteiger partial charge in [-0.1, -0.05) is 24.3 Å². The molecule has 3 aliphatic rings. The van der Waals surface area contributed by atoms with E-state index in [1.54, 1.807) is 12.1 Å². The molecule has 10 heteroatoms. The summed E-state index contributed by atoms with van der Waals surface area (Å²) in [5, 5.41) is 9.31. The van der Waals surface area contributed by atoms with Crippen LogP contribution >= 0.6 is 0 Å². The highest BCUT2D eigenvalue weighted by atomic mass is 19.1. The Morgan fingerprint density at radius 1 is 0.977 bits per heavy atom. The Morgan fingerprint density at radius 2 is 1.73 bits per heavy atom. The van der Waals surface area contributed by atoms with E-state index in [1.165, 1.54) is 11.6 Å². The number of carboxylic acids is 1. The predicted molar refractivity (Wildman–Crippen MR) is 161 cm³/mol. The number of aromatic nitrogens is 1. The number of carbonyl (C=O) groups excluding carboxylic acids is 1. The fourth-order valence-corrected chi connectivity index (χ4v) is 6.36. The Bertz CT molecular complexity index is 1530. The van der Waals surface area contributed by atoms with Gasteiger partial charge >= 0.3 is 5.97 Å². The number of carbonyl (C=O) groups is 2. The van der Waals surface area contributed by atoms with Crippen molar-refractivity contribution in [1.82, 2.24) is 9.88 Å². The second kappa shape index (κ2) is 12.9. The molecule has 0 spiro atoms. The van der Waals surface area contributed by atoms with Crippen LogP contribution < -0.4 is 9.64 Å². The number of benzene rings is 2. The summed E-state index contributed by atoms with van der Waals surface area (Å²) < 4.78 is 40.8. The largest absolute Gasteiger partial charge is 0.485 e. The van der Waals surface area contributed by atoms with Crippen molar-refractivity contribution in [3.8, 4) is 17.0 Å². The van der Waals surface area contributed by atoms with Crippen molar-refractivity contribution in [2.45, 2.75) is 45.1 Å². The molecular formula is C34H37F2N3O5. The first kappa shape index (κ1) is 30.0. The van der Waals surface area contributed by atoms with Gasteiger partial charge in [-0.05, 0) is 73.4 Å². The summed E-state index contributed by atoms with van der Waals surface area (Å²) in [7, 11) is 0. The van der Waals surface area contributed by atoms with Crippen LogP contribution in [0.2, 0.25) is 0 Å². The Hall–Kier alpha value is -4.05. The number of anilines is 1. The van der Waals surface area contributed by atoms with Crippen LogP contribution in [0.25, 0.3) is 11.3 Å². The van der Waals surface area contributed by atoms with Crippen molar-refractivity contribution in [1.29, 1.82) is 0 Å². The number of hydrogen-bond donors (Lipinski definition) is 1. The van der Waals surface area contributed by atoms with E-state index < -0.39 is 17.6 Å². The molecule has 1 amide bonds. The van der Waals surface area contributed by atoms with Crippen molar-refractivity contribution in [2.24, 2.45) is 11.8 Å². The molecule has 0 aliphatic carbocycles. The highest BCUT2D eigenvalue weighted by Gasteiger charge is 2.33. The summed E-state index contributed by atoms with van der Waals surface area (Å²) in [4.78, 5) is 32.5. The average molecular weight is 606 g/mol.